The molecule has 1 heterocycles. The van der Waals surface area contributed by atoms with Crippen LogP contribution in [0.15, 0.2) is 0 Å². The predicted molar refractivity (Wildman–Crippen MR) is 76.3 cm³/mol. The van der Waals surface area contributed by atoms with Crippen LogP contribution in [-0.2, 0) is 7.05 Å². The number of nitrogens with zero attached hydrogens (tertiary/aromatic N) is 3. The van der Waals surface area contributed by atoms with Crippen LogP contribution >= 0.6 is 0 Å². The van der Waals surface area contributed by atoms with Crippen molar-refractivity contribution in [2.24, 2.45) is 18.7 Å². The molecule has 108 valence electrons. The van der Waals surface area contributed by atoms with Gasteiger partial charge in [-0.1, -0.05) is 6.92 Å². The molecule has 0 amide bonds. The van der Waals surface area contributed by atoms with E-state index in [1.54, 1.807) is 11.8 Å². The first-order chi connectivity index (χ1) is 9.12. The van der Waals surface area contributed by atoms with Gasteiger partial charge in [0.2, 0.25) is 5.88 Å². The van der Waals surface area contributed by atoms with E-state index in [0.29, 0.717) is 6.54 Å². The average molecular weight is 266 g/mol. The van der Waals surface area contributed by atoms with E-state index in [9.17, 15) is 0 Å². The number of likely N-dealkylation sites (N-methyl/N-ethyl adjacent to an activating group) is 1. The van der Waals surface area contributed by atoms with Crippen molar-refractivity contribution in [3.05, 3.63) is 11.3 Å². The summed E-state index contributed by atoms with van der Waals surface area (Å²) in [5.41, 5.74) is 8.21. The van der Waals surface area contributed by atoms with Crippen LogP contribution in [0.2, 0.25) is 0 Å². The van der Waals surface area contributed by atoms with Crippen LogP contribution in [0.4, 0.5) is 0 Å². The number of aromatic nitrogens is 2. The predicted octanol–water partition coefficient (Wildman–Crippen LogP) is 1.47. The summed E-state index contributed by atoms with van der Waals surface area (Å²) < 4.78 is 7.32. The minimum Gasteiger partial charge on any atom is -0.481 e. The Balaban J connectivity index is 2.28. The number of rotatable bonds is 7. The van der Waals surface area contributed by atoms with Crippen molar-refractivity contribution in [2.75, 3.05) is 26.7 Å². The lowest BCUT2D eigenvalue weighted by molar-refractivity contribution is 0.198. The number of aryl methyl sites for hydroxylation is 2. The van der Waals surface area contributed by atoms with Crippen LogP contribution in [0.5, 0.6) is 5.88 Å². The van der Waals surface area contributed by atoms with E-state index in [1.807, 2.05) is 14.0 Å². The molecule has 5 heteroatoms. The van der Waals surface area contributed by atoms with Gasteiger partial charge in [-0.3, -0.25) is 4.90 Å². The zero-order valence-electron chi connectivity index (χ0n) is 12.5. The first-order valence-corrected chi connectivity index (χ1v) is 7.13. The summed E-state index contributed by atoms with van der Waals surface area (Å²) in [7, 11) is 3.62. The summed E-state index contributed by atoms with van der Waals surface area (Å²) in [6.07, 6.45) is 2.72. The van der Waals surface area contributed by atoms with Crippen LogP contribution in [0.1, 0.15) is 37.1 Å². The average Bonchev–Trinajstić information content (AvgIpc) is 3.15. The van der Waals surface area contributed by atoms with Gasteiger partial charge >= 0.3 is 0 Å². The molecule has 0 aliphatic heterocycles. The van der Waals surface area contributed by atoms with Crippen LogP contribution in [0.3, 0.4) is 0 Å². The van der Waals surface area contributed by atoms with Crippen molar-refractivity contribution in [1.82, 2.24) is 14.7 Å². The molecule has 2 N–H and O–H groups in total. The smallest absolute Gasteiger partial charge is 0.216 e. The van der Waals surface area contributed by atoms with Crippen molar-refractivity contribution in [1.29, 1.82) is 0 Å². The van der Waals surface area contributed by atoms with Gasteiger partial charge in [0.25, 0.3) is 0 Å². The minimum absolute atomic E-state index is 0.203. The second-order valence-corrected chi connectivity index (χ2v) is 5.41. The minimum atomic E-state index is 0.203. The standard InChI is InChI=1S/C14H26N4O/c1-5-18(9-11-6-7-11)12(8-15)13-10(2)16-17(3)14(13)19-4/h11-12H,5-9,15H2,1-4H3. The molecule has 0 spiro atoms. The Morgan fingerprint density at radius 2 is 2.21 bits per heavy atom. The van der Waals surface area contributed by atoms with E-state index in [4.69, 9.17) is 10.5 Å². The lowest BCUT2D eigenvalue weighted by Crippen LogP contribution is -2.35. The van der Waals surface area contributed by atoms with Crippen molar-refractivity contribution < 1.29 is 4.74 Å². The van der Waals surface area contributed by atoms with Crippen LogP contribution in [0.25, 0.3) is 0 Å². The quantitative estimate of drug-likeness (QED) is 0.812. The molecule has 1 saturated carbocycles. The van der Waals surface area contributed by atoms with Crippen molar-refractivity contribution in [2.45, 2.75) is 32.7 Å². The first kappa shape index (κ1) is 14.3. The zero-order valence-corrected chi connectivity index (χ0v) is 12.5. The SMILES string of the molecule is CCN(CC1CC1)C(CN)c1c(C)nn(C)c1OC. The summed E-state index contributed by atoms with van der Waals surface area (Å²) in [6.45, 7) is 6.98. The summed E-state index contributed by atoms with van der Waals surface area (Å²) in [5, 5.41) is 4.47. The molecule has 0 radical (unpaired) electrons. The third kappa shape index (κ3) is 2.92. The summed E-state index contributed by atoms with van der Waals surface area (Å²) in [6, 6.07) is 0.203. The Morgan fingerprint density at radius 1 is 1.53 bits per heavy atom. The van der Waals surface area contributed by atoms with Gasteiger partial charge in [0.1, 0.15) is 0 Å². The normalized spacial score (nSPS) is 16.9. The highest BCUT2D eigenvalue weighted by atomic mass is 16.5. The summed E-state index contributed by atoms with van der Waals surface area (Å²) in [4.78, 5) is 2.46. The molecule has 0 bridgehead atoms. The number of methoxy groups -OCH3 is 1. The van der Waals surface area contributed by atoms with Gasteiger partial charge in [0, 0.05) is 20.1 Å². The largest absolute Gasteiger partial charge is 0.481 e. The third-order valence-corrected chi connectivity index (χ3v) is 4.00. The maximum absolute atomic E-state index is 6.04. The van der Waals surface area contributed by atoms with Crippen molar-refractivity contribution in [3.63, 3.8) is 0 Å². The molecule has 2 rings (SSSR count). The van der Waals surface area contributed by atoms with E-state index >= 15 is 0 Å². The molecular weight excluding hydrogens is 240 g/mol. The van der Waals surface area contributed by atoms with Crippen molar-refractivity contribution >= 4 is 0 Å². The third-order valence-electron chi connectivity index (χ3n) is 4.00. The van der Waals surface area contributed by atoms with E-state index in [2.05, 4.69) is 16.9 Å². The topological polar surface area (TPSA) is 56.3 Å². The van der Waals surface area contributed by atoms with E-state index in [-0.39, 0.29) is 6.04 Å². The molecule has 0 aromatic carbocycles. The molecular formula is C14H26N4O. The second-order valence-electron chi connectivity index (χ2n) is 5.41. The van der Waals surface area contributed by atoms with Crippen LogP contribution in [0, 0.1) is 12.8 Å². The number of nitrogens with two attached hydrogens (primary N) is 1. The second kappa shape index (κ2) is 5.92. The molecule has 5 nitrogen and oxygen atoms in total. The lowest BCUT2D eigenvalue weighted by atomic mass is 10.1. The highest BCUT2D eigenvalue weighted by molar-refractivity contribution is 5.34. The van der Waals surface area contributed by atoms with E-state index in [0.717, 1.165) is 36.1 Å². The molecule has 1 atom stereocenters. The Bertz CT molecular complexity index is 425. The van der Waals surface area contributed by atoms with Gasteiger partial charge in [-0.05, 0) is 32.2 Å². The molecule has 1 fully saturated rings. The van der Waals surface area contributed by atoms with Crippen molar-refractivity contribution in [3.8, 4) is 5.88 Å². The lowest BCUT2D eigenvalue weighted by Gasteiger charge is -2.30. The fraction of sp³-hybridized carbons (Fsp3) is 0.786. The first-order valence-electron chi connectivity index (χ1n) is 7.13. The molecule has 1 unspecified atom stereocenters. The summed E-state index contributed by atoms with van der Waals surface area (Å²) >= 11 is 0. The fourth-order valence-electron chi connectivity index (χ4n) is 2.84. The zero-order chi connectivity index (χ0) is 14.0. The van der Waals surface area contributed by atoms with Gasteiger partial charge in [0.15, 0.2) is 0 Å². The Labute approximate surface area is 115 Å². The monoisotopic (exact) mass is 266 g/mol. The Hall–Kier alpha value is -1.07. The molecule has 1 aromatic heterocycles. The van der Waals surface area contributed by atoms with Gasteiger partial charge in [0.05, 0.1) is 24.4 Å². The highest BCUT2D eigenvalue weighted by Gasteiger charge is 2.31. The Kier molecular flexibility index (Phi) is 4.47. The van der Waals surface area contributed by atoms with Gasteiger partial charge < -0.3 is 10.5 Å². The molecule has 1 aromatic rings. The van der Waals surface area contributed by atoms with E-state index < -0.39 is 0 Å². The molecule has 0 saturated heterocycles. The molecule has 19 heavy (non-hydrogen) atoms. The summed E-state index contributed by atoms with van der Waals surface area (Å²) in [5.74, 6) is 1.69. The van der Waals surface area contributed by atoms with Gasteiger partial charge in [-0.15, -0.1) is 0 Å². The van der Waals surface area contributed by atoms with Crippen LogP contribution < -0.4 is 10.5 Å². The van der Waals surface area contributed by atoms with E-state index in [1.165, 1.54) is 12.8 Å². The maximum atomic E-state index is 6.04. The Morgan fingerprint density at radius 3 is 2.68 bits per heavy atom. The number of hydrogen-bond donors (Lipinski definition) is 1. The van der Waals surface area contributed by atoms with Gasteiger partial charge in [-0.2, -0.15) is 5.10 Å². The number of hydrogen-bond acceptors (Lipinski definition) is 4. The van der Waals surface area contributed by atoms with Crippen LogP contribution in [-0.4, -0.2) is 41.4 Å². The van der Waals surface area contributed by atoms with Gasteiger partial charge in [-0.25, -0.2) is 4.68 Å². The molecule has 1 aliphatic rings. The molecule has 1 aliphatic carbocycles. The number of ether oxygens (including phenoxy) is 1. The maximum Gasteiger partial charge on any atom is 0.216 e. The fourth-order valence-corrected chi connectivity index (χ4v) is 2.84. The highest BCUT2D eigenvalue weighted by Crippen LogP contribution is 2.35.